The summed E-state index contributed by atoms with van der Waals surface area (Å²) in [6.45, 7) is 7.57. The number of ether oxygens (including phenoxy) is 5. The van der Waals surface area contributed by atoms with E-state index in [0.717, 1.165) is 42.6 Å². The first-order chi connectivity index (χ1) is 14.1. The molecule has 1 saturated heterocycles. The summed E-state index contributed by atoms with van der Waals surface area (Å²) in [5.41, 5.74) is 0.966. The van der Waals surface area contributed by atoms with Gasteiger partial charge in [-0.25, -0.2) is 0 Å². The minimum Gasteiger partial charge on any atom is -0.496 e. The first-order valence-corrected chi connectivity index (χ1v) is 10.1. The van der Waals surface area contributed by atoms with Crippen LogP contribution in [0, 0.1) is 0 Å². The van der Waals surface area contributed by atoms with Crippen LogP contribution in [0.3, 0.4) is 0 Å². The molecule has 1 aliphatic heterocycles. The van der Waals surface area contributed by atoms with E-state index in [-0.39, 0.29) is 12.1 Å². The van der Waals surface area contributed by atoms with Crippen LogP contribution in [-0.4, -0.2) is 72.3 Å². The fourth-order valence-electron chi connectivity index (χ4n) is 3.12. The molecule has 0 aromatic heterocycles. The van der Waals surface area contributed by atoms with Gasteiger partial charge in [0.25, 0.3) is 0 Å². The second-order valence-electron chi connectivity index (χ2n) is 6.89. The molecule has 2 rings (SSSR count). The summed E-state index contributed by atoms with van der Waals surface area (Å²) >= 11 is 0. The number of hydrogen-bond donors (Lipinski definition) is 2. The maximum atomic E-state index is 5.88. The summed E-state index contributed by atoms with van der Waals surface area (Å²) in [6.07, 6.45) is 1.85. The number of benzene rings is 1. The van der Waals surface area contributed by atoms with E-state index in [1.807, 2.05) is 19.1 Å². The lowest BCUT2D eigenvalue weighted by Crippen LogP contribution is -2.44. The van der Waals surface area contributed by atoms with Crippen LogP contribution in [0.2, 0.25) is 0 Å². The molecule has 8 heteroatoms. The van der Waals surface area contributed by atoms with Crippen molar-refractivity contribution >= 4 is 5.96 Å². The summed E-state index contributed by atoms with van der Waals surface area (Å²) in [6, 6.07) is 3.85. The number of nitrogens with zero attached hydrogens (tertiary/aromatic N) is 1. The number of hydrogen-bond acceptors (Lipinski definition) is 6. The van der Waals surface area contributed by atoms with E-state index in [1.54, 1.807) is 21.3 Å². The average molecular weight is 410 g/mol. The Morgan fingerprint density at radius 1 is 1.21 bits per heavy atom. The zero-order valence-corrected chi connectivity index (χ0v) is 18.2. The van der Waals surface area contributed by atoms with Gasteiger partial charge in [0.15, 0.2) is 5.96 Å². The number of guanidine groups is 1. The summed E-state index contributed by atoms with van der Waals surface area (Å²) < 4.78 is 27.6. The predicted octanol–water partition coefficient (Wildman–Crippen LogP) is 2.00. The van der Waals surface area contributed by atoms with Crippen molar-refractivity contribution in [3.8, 4) is 17.2 Å². The largest absolute Gasteiger partial charge is 0.496 e. The van der Waals surface area contributed by atoms with Crippen LogP contribution in [-0.2, 0) is 15.9 Å². The van der Waals surface area contributed by atoms with Gasteiger partial charge < -0.3 is 34.3 Å². The van der Waals surface area contributed by atoms with Gasteiger partial charge in [0.05, 0.1) is 40.6 Å². The van der Waals surface area contributed by atoms with Crippen LogP contribution in [0.4, 0.5) is 0 Å². The number of nitrogens with one attached hydrogen (secondary N) is 2. The standard InChI is InChI=1S/C21H35N3O5/c1-6-22-21(24-15(2)13-29-16-8-10-28-14-16)23-9-7-18-19(26-4)11-17(25-3)12-20(18)27-5/h11-12,15-16H,6-10,13-14H2,1-5H3,(H2,22,23,24). The second kappa shape index (κ2) is 12.4. The molecular weight excluding hydrogens is 374 g/mol. The first-order valence-electron chi connectivity index (χ1n) is 10.1. The highest BCUT2D eigenvalue weighted by Gasteiger charge is 2.17. The molecule has 1 aromatic rings. The van der Waals surface area contributed by atoms with Gasteiger partial charge in [-0.1, -0.05) is 0 Å². The van der Waals surface area contributed by atoms with E-state index in [0.29, 0.717) is 31.9 Å². The molecular formula is C21H35N3O5. The Balaban J connectivity index is 1.95. The maximum Gasteiger partial charge on any atom is 0.191 e. The number of aliphatic imine (C=N–C) groups is 1. The molecule has 2 unspecified atom stereocenters. The van der Waals surface area contributed by atoms with Crippen LogP contribution < -0.4 is 24.8 Å². The Morgan fingerprint density at radius 3 is 2.48 bits per heavy atom. The van der Waals surface area contributed by atoms with Gasteiger partial charge in [-0.15, -0.1) is 0 Å². The summed E-state index contributed by atoms with van der Waals surface area (Å²) in [4.78, 5) is 4.69. The highest BCUT2D eigenvalue weighted by molar-refractivity contribution is 5.80. The summed E-state index contributed by atoms with van der Waals surface area (Å²) in [5, 5.41) is 6.67. The molecule has 29 heavy (non-hydrogen) atoms. The number of rotatable bonds is 11. The van der Waals surface area contributed by atoms with Crippen molar-refractivity contribution < 1.29 is 23.7 Å². The van der Waals surface area contributed by atoms with Crippen molar-refractivity contribution in [2.75, 3.05) is 54.2 Å². The third-order valence-electron chi connectivity index (χ3n) is 4.65. The van der Waals surface area contributed by atoms with Crippen LogP contribution in [0.25, 0.3) is 0 Å². The van der Waals surface area contributed by atoms with Gasteiger partial charge in [0, 0.05) is 43.4 Å². The van der Waals surface area contributed by atoms with Crippen molar-refractivity contribution in [1.29, 1.82) is 0 Å². The van der Waals surface area contributed by atoms with Gasteiger partial charge >= 0.3 is 0 Å². The molecule has 0 bridgehead atoms. The monoisotopic (exact) mass is 409 g/mol. The molecule has 8 nitrogen and oxygen atoms in total. The molecule has 0 saturated carbocycles. The average Bonchev–Trinajstić information content (AvgIpc) is 3.25. The van der Waals surface area contributed by atoms with Crippen LogP contribution in [0.15, 0.2) is 17.1 Å². The lowest BCUT2D eigenvalue weighted by molar-refractivity contribution is 0.0347. The van der Waals surface area contributed by atoms with Gasteiger partial charge in [-0.2, -0.15) is 0 Å². The van der Waals surface area contributed by atoms with Crippen molar-refractivity contribution in [3.63, 3.8) is 0 Å². The van der Waals surface area contributed by atoms with Gasteiger partial charge in [-0.3, -0.25) is 4.99 Å². The highest BCUT2D eigenvalue weighted by Crippen LogP contribution is 2.34. The van der Waals surface area contributed by atoms with Gasteiger partial charge in [-0.05, 0) is 26.7 Å². The topological polar surface area (TPSA) is 82.6 Å². The quantitative estimate of drug-likeness (QED) is 0.427. The van der Waals surface area contributed by atoms with Crippen molar-refractivity contribution in [1.82, 2.24) is 10.6 Å². The Labute approximate surface area is 173 Å². The van der Waals surface area contributed by atoms with Gasteiger partial charge in [0.1, 0.15) is 17.2 Å². The van der Waals surface area contributed by atoms with E-state index in [1.165, 1.54) is 0 Å². The SMILES string of the molecule is CCNC(=NCCc1c(OC)cc(OC)cc1OC)NC(C)COC1CCOC1. The lowest BCUT2D eigenvalue weighted by Gasteiger charge is -2.20. The van der Waals surface area contributed by atoms with Crippen LogP contribution in [0.5, 0.6) is 17.2 Å². The predicted molar refractivity (Wildman–Crippen MR) is 114 cm³/mol. The Hall–Kier alpha value is -2.19. The van der Waals surface area contributed by atoms with Crippen molar-refractivity contribution in [2.45, 2.75) is 38.8 Å². The lowest BCUT2D eigenvalue weighted by atomic mass is 10.1. The second-order valence-corrected chi connectivity index (χ2v) is 6.89. The van der Waals surface area contributed by atoms with E-state index in [9.17, 15) is 0 Å². The van der Waals surface area contributed by atoms with Crippen LogP contribution >= 0.6 is 0 Å². The van der Waals surface area contributed by atoms with Crippen molar-refractivity contribution in [2.24, 2.45) is 4.99 Å². The summed E-state index contributed by atoms with van der Waals surface area (Å²) in [7, 11) is 4.91. The van der Waals surface area contributed by atoms with E-state index in [2.05, 4.69) is 17.6 Å². The fourth-order valence-corrected chi connectivity index (χ4v) is 3.12. The molecule has 0 amide bonds. The minimum absolute atomic E-state index is 0.137. The molecule has 1 heterocycles. The molecule has 1 fully saturated rings. The van der Waals surface area contributed by atoms with Crippen molar-refractivity contribution in [3.05, 3.63) is 17.7 Å². The maximum absolute atomic E-state index is 5.88. The molecule has 2 N–H and O–H groups in total. The normalized spacial score (nSPS) is 17.7. The number of methoxy groups -OCH3 is 3. The summed E-state index contributed by atoms with van der Waals surface area (Å²) in [5.74, 6) is 2.92. The van der Waals surface area contributed by atoms with E-state index >= 15 is 0 Å². The van der Waals surface area contributed by atoms with Gasteiger partial charge in [0.2, 0.25) is 0 Å². The molecule has 164 valence electrons. The first kappa shape index (κ1) is 23.1. The molecule has 1 aromatic carbocycles. The molecule has 2 atom stereocenters. The zero-order chi connectivity index (χ0) is 21.1. The van der Waals surface area contributed by atoms with E-state index < -0.39 is 0 Å². The third-order valence-corrected chi connectivity index (χ3v) is 4.65. The zero-order valence-electron chi connectivity index (χ0n) is 18.2. The third kappa shape index (κ3) is 7.29. The Kier molecular flexibility index (Phi) is 9.87. The Morgan fingerprint density at radius 2 is 1.93 bits per heavy atom. The van der Waals surface area contributed by atoms with Crippen LogP contribution in [0.1, 0.15) is 25.8 Å². The fraction of sp³-hybridized carbons (Fsp3) is 0.667. The Bertz CT molecular complexity index is 622. The highest BCUT2D eigenvalue weighted by atomic mass is 16.5. The molecule has 0 aliphatic carbocycles. The molecule has 1 aliphatic rings. The minimum atomic E-state index is 0.137. The molecule has 0 radical (unpaired) electrons. The smallest absolute Gasteiger partial charge is 0.191 e. The van der Waals surface area contributed by atoms with E-state index in [4.69, 9.17) is 28.7 Å². The molecule has 0 spiro atoms.